The summed E-state index contributed by atoms with van der Waals surface area (Å²) in [4.78, 5) is 27.1. The second-order valence-electron chi connectivity index (χ2n) is 6.55. The molecule has 4 nitrogen and oxygen atoms in total. The second-order valence-corrected chi connectivity index (χ2v) is 6.55. The molecule has 2 aromatic rings. The molecule has 0 bridgehead atoms. The molecular weight excluding hydrogens is 314 g/mol. The van der Waals surface area contributed by atoms with Crippen molar-refractivity contribution in [2.75, 3.05) is 4.90 Å². The number of aryl methyl sites for hydroxylation is 1. The number of carbonyl (C=O) groups is 2. The molecule has 0 spiro atoms. The number of para-hydroxylation sites is 1. The van der Waals surface area contributed by atoms with Gasteiger partial charge in [0, 0.05) is 11.6 Å². The Labute approximate surface area is 147 Å². The first-order valence-electron chi connectivity index (χ1n) is 8.35. The smallest absolute Gasteiger partial charge is 0.294 e. The second kappa shape index (κ2) is 6.55. The van der Waals surface area contributed by atoms with Crippen molar-refractivity contribution >= 4 is 17.4 Å². The number of Topliss-reactive ketones (excluding diaryl/α,β-unsaturated/α-hetero) is 1. The molecule has 1 amide bonds. The van der Waals surface area contributed by atoms with Gasteiger partial charge >= 0.3 is 0 Å². The van der Waals surface area contributed by atoms with Gasteiger partial charge in [0.15, 0.2) is 11.5 Å². The van der Waals surface area contributed by atoms with Gasteiger partial charge in [-0.3, -0.25) is 14.5 Å². The van der Waals surface area contributed by atoms with Crippen LogP contribution >= 0.6 is 0 Å². The summed E-state index contributed by atoms with van der Waals surface area (Å²) in [5, 5.41) is 10.5. The van der Waals surface area contributed by atoms with Gasteiger partial charge in [-0.1, -0.05) is 56.3 Å². The summed E-state index contributed by atoms with van der Waals surface area (Å²) >= 11 is 0. The average Bonchev–Trinajstić information content (AvgIpc) is 2.86. The van der Waals surface area contributed by atoms with Gasteiger partial charge in [-0.05, 0) is 30.2 Å². The number of nitrogens with zero attached hydrogens (tertiary/aromatic N) is 1. The monoisotopic (exact) mass is 335 g/mol. The maximum atomic E-state index is 12.8. The predicted molar refractivity (Wildman–Crippen MR) is 97.3 cm³/mol. The molecule has 1 unspecified atom stereocenters. The minimum Gasteiger partial charge on any atom is -0.503 e. The number of carbonyl (C=O) groups excluding carboxylic acids is 2. The van der Waals surface area contributed by atoms with Crippen LogP contribution in [0.5, 0.6) is 0 Å². The van der Waals surface area contributed by atoms with Crippen LogP contribution in [-0.4, -0.2) is 16.8 Å². The van der Waals surface area contributed by atoms with E-state index in [0.717, 1.165) is 11.1 Å². The molecule has 1 aliphatic heterocycles. The van der Waals surface area contributed by atoms with Crippen LogP contribution in [0.2, 0.25) is 0 Å². The number of aliphatic hydroxyl groups excluding tert-OH is 1. The largest absolute Gasteiger partial charge is 0.503 e. The molecule has 128 valence electrons. The van der Waals surface area contributed by atoms with E-state index < -0.39 is 17.7 Å². The van der Waals surface area contributed by atoms with E-state index >= 15 is 0 Å². The number of benzene rings is 2. The van der Waals surface area contributed by atoms with Crippen molar-refractivity contribution in [3.05, 3.63) is 77.1 Å². The van der Waals surface area contributed by atoms with E-state index in [1.54, 1.807) is 26.0 Å². The van der Waals surface area contributed by atoms with E-state index in [4.69, 9.17) is 0 Å². The summed E-state index contributed by atoms with van der Waals surface area (Å²) < 4.78 is 0. The fraction of sp³-hybridized carbons (Fsp3) is 0.238. The lowest BCUT2D eigenvalue weighted by atomic mass is 9.89. The van der Waals surface area contributed by atoms with Crippen molar-refractivity contribution in [3.63, 3.8) is 0 Å². The van der Waals surface area contributed by atoms with Crippen LogP contribution in [0.4, 0.5) is 5.69 Å². The first-order chi connectivity index (χ1) is 11.9. The number of anilines is 1. The third-order valence-electron chi connectivity index (χ3n) is 4.52. The van der Waals surface area contributed by atoms with Crippen LogP contribution in [-0.2, 0) is 9.59 Å². The maximum Gasteiger partial charge on any atom is 0.294 e. The average molecular weight is 335 g/mol. The molecule has 2 aromatic carbocycles. The standard InChI is InChI=1S/C21H21NO3/c1-13(2)19(23)17-18(16-12-8-7-9-14(16)3)22(21(25)20(17)24)15-10-5-4-6-11-15/h4-13,18,24H,1-3H3. The minimum atomic E-state index is -0.619. The normalized spacial score (nSPS) is 17.5. The van der Waals surface area contributed by atoms with E-state index in [0.29, 0.717) is 5.69 Å². The molecule has 25 heavy (non-hydrogen) atoms. The molecule has 0 fully saturated rings. The molecule has 4 heteroatoms. The zero-order chi connectivity index (χ0) is 18.1. The Kier molecular flexibility index (Phi) is 4.45. The quantitative estimate of drug-likeness (QED) is 0.914. The Morgan fingerprint density at radius 2 is 1.64 bits per heavy atom. The third kappa shape index (κ3) is 2.84. The van der Waals surface area contributed by atoms with Crippen molar-refractivity contribution in [2.45, 2.75) is 26.8 Å². The summed E-state index contributed by atoms with van der Waals surface area (Å²) in [5.41, 5.74) is 2.63. The number of aliphatic hydroxyl groups is 1. The molecular formula is C21H21NO3. The van der Waals surface area contributed by atoms with Crippen molar-refractivity contribution < 1.29 is 14.7 Å². The van der Waals surface area contributed by atoms with E-state index in [2.05, 4.69) is 0 Å². The molecule has 1 N–H and O–H groups in total. The van der Waals surface area contributed by atoms with Crippen molar-refractivity contribution in [2.24, 2.45) is 5.92 Å². The van der Waals surface area contributed by atoms with Gasteiger partial charge in [0.05, 0.1) is 11.6 Å². The fourth-order valence-corrected chi connectivity index (χ4v) is 3.21. The van der Waals surface area contributed by atoms with Crippen LogP contribution in [0.3, 0.4) is 0 Å². The highest BCUT2D eigenvalue weighted by Crippen LogP contribution is 2.42. The molecule has 0 radical (unpaired) electrons. The first-order valence-corrected chi connectivity index (χ1v) is 8.35. The SMILES string of the molecule is Cc1ccccc1C1C(C(=O)C(C)C)=C(O)C(=O)N1c1ccccc1. The summed E-state index contributed by atoms with van der Waals surface area (Å²) in [6.45, 7) is 5.48. The van der Waals surface area contributed by atoms with Crippen LogP contribution in [0, 0.1) is 12.8 Å². The number of rotatable bonds is 4. The Hall–Kier alpha value is -2.88. The molecule has 3 rings (SSSR count). The number of hydrogen-bond acceptors (Lipinski definition) is 3. The summed E-state index contributed by atoms with van der Waals surface area (Å²) in [7, 11) is 0. The van der Waals surface area contributed by atoms with Crippen LogP contribution in [0.1, 0.15) is 31.0 Å². The molecule has 0 saturated heterocycles. The molecule has 0 saturated carbocycles. The molecule has 1 heterocycles. The summed E-state index contributed by atoms with van der Waals surface area (Å²) in [6, 6.07) is 16.1. The van der Waals surface area contributed by atoms with Crippen LogP contribution in [0.25, 0.3) is 0 Å². The van der Waals surface area contributed by atoms with Crippen molar-refractivity contribution in [1.82, 2.24) is 0 Å². The number of hydrogen-bond donors (Lipinski definition) is 1. The van der Waals surface area contributed by atoms with Gasteiger partial charge < -0.3 is 5.11 Å². The van der Waals surface area contributed by atoms with E-state index in [1.807, 2.05) is 49.4 Å². The highest BCUT2D eigenvalue weighted by molar-refractivity contribution is 6.16. The number of ketones is 1. The van der Waals surface area contributed by atoms with Gasteiger partial charge in [0.1, 0.15) is 0 Å². The lowest BCUT2D eigenvalue weighted by Crippen LogP contribution is -2.31. The Morgan fingerprint density at radius 3 is 2.24 bits per heavy atom. The Bertz CT molecular complexity index is 852. The fourth-order valence-electron chi connectivity index (χ4n) is 3.21. The third-order valence-corrected chi connectivity index (χ3v) is 4.52. The molecule has 0 aromatic heterocycles. The van der Waals surface area contributed by atoms with E-state index in [1.165, 1.54) is 4.90 Å². The Morgan fingerprint density at radius 1 is 1.04 bits per heavy atom. The van der Waals surface area contributed by atoms with Crippen molar-refractivity contribution in [1.29, 1.82) is 0 Å². The first kappa shape index (κ1) is 17.0. The van der Waals surface area contributed by atoms with E-state index in [9.17, 15) is 14.7 Å². The highest BCUT2D eigenvalue weighted by Gasteiger charge is 2.45. The Balaban J connectivity index is 2.22. The summed E-state index contributed by atoms with van der Waals surface area (Å²) in [5.74, 6) is -1.51. The molecule has 1 atom stereocenters. The summed E-state index contributed by atoms with van der Waals surface area (Å²) in [6.07, 6.45) is 0. The highest BCUT2D eigenvalue weighted by atomic mass is 16.3. The maximum absolute atomic E-state index is 12.8. The van der Waals surface area contributed by atoms with Gasteiger partial charge in [0.25, 0.3) is 5.91 Å². The lowest BCUT2D eigenvalue weighted by molar-refractivity contribution is -0.119. The number of amides is 1. The van der Waals surface area contributed by atoms with Crippen molar-refractivity contribution in [3.8, 4) is 0 Å². The van der Waals surface area contributed by atoms with Crippen LogP contribution in [0.15, 0.2) is 65.9 Å². The van der Waals surface area contributed by atoms with Gasteiger partial charge in [0.2, 0.25) is 0 Å². The van der Waals surface area contributed by atoms with Gasteiger partial charge in [-0.25, -0.2) is 0 Å². The molecule has 0 aliphatic carbocycles. The predicted octanol–water partition coefficient (Wildman–Crippen LogP) is 4.12. The van der Waals surface area contributed by atoms with Gasteiger partial charge in [-0.15, -0.1) is 0 Å². The lowest BCUT2D eigenvalue weighted by Gasteiger charge is -2.28. The minimum absolute atomic E-state index is 0.179. The topological polar surface area (TPSA) is 57.6 Å². The van der Waals surface area contributed by atoms with Crippen LogP contribution < -0.4 is 4.90 Å². The van der Waals surface area contributed by atoms with Gasteiger partial charge in [-0.2, -0.15) is 0 Å². The van der Waals surface area contributed by atoms with E-state index in [-0.39, 0.29) is 17.3 Å². The molecule has 1 aliphatic rings. The zero-order valence-electron chi connectivity index (χ0n) is 14.6. The zero-order valence-corrected chi connectivity index (χ0v) is 14.6.